The lowest BCUT2D eigenvalue weighted by atomic mass is 9.97. The van der Waals surface area contributed by atoms with E-state index >= 15 is 0 Å². The van der Waals surface area contributed by atoms with E-state index in [2.05, 4.69) is 10.3 Å². The molecule has 0 aliphatic heterocycles. The van der Waals surface area contributed by atoms with Gasteiger partial charge in [-0.15, -0.1) is 11.3 Å². The molecular formula is C17H18N4S2. The van der Waals surface area contributed by atoms with E-state index in [1.54, 1.807) is 11.8 Å². The fourth-order valence-electron chi connectivity index (χ4n) is 3.04. The second-order valence-corrected chi connectivity index (χ2v) is 7.52. The van der Waals surface area contributed by atoms with Crippen molar-refractivity contribution in [2.45, 2.75) is 37.4 Å². The molecule has 0 unspecified atom stereocenters. The molecule has 118 valence electrons. The Balaban J connectivity index is 1.75. The first kappa shape index (κ1) is 14.9. The van der Waals surface area contributed by atoms with Crippen molar-refractivity contribution in [1.29, 1.82) is 0 Å². The van der Waals surface area contributed by atoms with Crippen LogP contribution in [0.2, 0.25) is 0 Å². The highest BCUT2D eigenvalue weighted by atomic mass is 32.2. The zero-order valence-corrected chi connectivity index (χ0v) is 14.6. The first-order chi connectivity index (χ1) is 11.3. The Morgan fingerprint density at radius 2 is 2.00 bits per heavy atom. The molecule has 3 heterocycles. The molecule has 0 amide bonds. The fourth-order valence-corrected chi connectivity index (χ4v) is 4.73. The van der Waals surface area contributed by atoms with Gasteiger partial charge in [0.05, 0.1) is 5.39 Å². The maximum absolute atomic E-state index is 4.75. The number of thiophene rings is 1. The van der Waals surface area contributed by atoms with Crippen LogP contribution in [0.3, 0.4) is 0 Å². The van der Waals surface area contributed by atoms with Crippen LogP contribution in [-0.2, 0) is 19.4 Å². The largest absolute Gasteiger partial charge is 0.365 e. The normalized spacial score (nSPS) is 14.0. The molecule has 0 spiro atoms. The number of anilines is 1. The van der Waals surface area contributed by atoms with E-state index < -0.39 is 0 Å². The molecule has 0 fully saturated rings. The van der Waals surface area contributed by atoms with Crippen LogP contribution in [0.1, 0.15) is 28.8 Å². The van der Waals surface area contributed by atoms with Gasteiger partial charge in [0.2, 0.25) is 0 Å². The smallest absolute Gasteiger partial charge is 0.190 e. The number of fused-ring (bicyclic) bond motifs is 3. The molecule has 0 bridgehead atoms. The van der Waals surface area contributed by atoms with E-state index in [-0.39, 0.29) is 0 Å². The number of rotatable bonds is 4. The molecule has 1 N–H and O–H groups in total. The second kappa shape index (κ2) is 6.45. The molecule has 6 heteroatoms. The number of aryl methyl sites for hydroxylation is 2. The van der Waals surface area contributed by atoms with Gasteiger partial charge in [-0.3, -0.25) is 4.98 Å². The Labute approximate surface area is 143 Å². The Morgan fingerprint density at radius 3 is 2.83 bits per heavy atom. The molecule has 23 heavy (non-hydrogen) atoms. The lowest BCUT2D eigenvalue weighted by molar-refractivity contribution is 0.700. The van der Waals surface area contributed by atoms with Gasteiger partial charge in [0.25, 0.3) is 0 Å². The maximum Gasteiger partial charge on any atom is 0.190 e. The zero-order valence-electron chi connectivity index (χ0n) is 13.0. The Hall–Kier alpha value is -1.66. The predicted molar refractivity (Wildman–Crippen MR) is 97.4 cm³/mol. The van der Waals surface area contributed by atoms with Crippen LogP contribution >= 0.6 is 23.1 Å². The summed E-state index contributed by atoms with van der Waals surface area (Å²) in [5.74, 6) is 0.982. The van der Waals surface area contributed by atoms with E-state index in [1.165, 1.54) is 40.7 Å². The SMILES string of the molecule is CSc1nc(NCc2ccncc2)c2c3c(sc2n1)CCCC3. The Kier molecular flexibility index (Phi) is 4.18. The van der Waals surface area contributed by atoms with Crippen molar-refractivity contribution in [2.75, 3.05) is 11.6 Å². The van der Waals surface area contributed by atoms with Gasteiger partial charge in [-0.1, -0.05) is 11.8 Å². The third-order valence-electron chi connectivity index (χ3n) is 4.19. The lowest BCUT2D eigenvalue weighted by Gasteiger charge is -2.13. The molecular weight excluding hydrogens is 324 g/mol. The van der Waals surface area contributed by atoms with Crippen LogP contribution in [0, 0.1) is 0 Å². The van der Waals surface area contributed by atoms with Crippen molar-refractivity contribution in [2.24, 2.45) is 0 Å². The lowest BCUT2D eigenvalue weighted by Crippen LogP contribution is -2.05. The molecule has 0 radical (unpaired) electrons. The van der Waals surface area contributed by atoms with Gasteiger partial charge in [-0.2, -0.15) is 0 Å². The molecule has 4 rings (SSSR count). The summed E-state index contributed by atoms with van der Waals surface area (Å²) in [4.78, 5) is 16.2. The van der Waals surface area contributed by atoms with Crippen molar-refractivity contribution in [3.63, 3.8) is 0 Å². The Bertz CT molecular complexity index is 829. The van der Waals surface area contributed by atoms with Crippen LogP contribution in [0.15, 0.2) is 29.7 Å². The number of hydrogen-bond donors (Lipinski definition) is 1. The van der Waals surface area contributed by atoms with Crippen LogP contribution in [-0.4, -0.2) is 21.2 Å². The van der Waals surface area contributed by atoms with Gasteiger partial charge in [0.1, 0.15) is 10.6 Å². The number of aromatic nitrogens is 3. The van der Waals surface area contributed by atoms with Gasteiger partial charge in [-0.05, 0) is 55.2 Å². The summed E-state index contributed by atoms with van der Waals surface area (Å²) in [6.45, 7) is 0.757. The molecule has 0 atom stereocenters. The number of hydrogen-bond acceptors (Lipinski definition) is 6. The highest BCUT2D eigenvalue weighted by Crippen LogP contribution is 2.39. The summed E-state index contributed by atoms with van der Waals surface area (Å²) < 4.78 is 0. The van der Waals surface area contributed by atoms with E-state index in [0.29, 0.717) is 0 Å². The Morgan fingerprint density at radius 1 is 1.17 bits per heavy atom. The van der Waals surface area contributed by atoms with Gasteiger partial charge >= 0.3 is 0 Å². The van der Waals surface area contributed by atoms with Gasteiger partial charge in [0.15, 0.2) is 5.16 Å². The molecule has 1 aliphatic rings. The topological polar surface area (TPSA) is 50.7 Å². The van der Waals surface area contributed by atoms with Crippen LogP contribution in [0.4, 0.5) is 5.82 Å². The van der Waals surface area contributed by atoms with E-state index in [0.717, 1.165) is 28.8 Å². The van der Waals surface area contributed by atoms with Crippen LogP contribution < -0.4 is 5.32 Å². The molecule has 3 aromatic rings. The molecule has 1 aliphatic carbocycles. The highest BCUT2D eigenvalue weighted by Gasteiger charge is 2.20. The monoisotopic (exact) mass is 342 g/mol. The van der Waals surface area contributed by atoms with Crippen LogP contribution in [0.25, 0.3) is 10.2 Å². The third-order valence-corrected chi connectivity index (χ3v) is 5.92. The number of nitrogens with one attached hydrogen (secondary N) is 1. The van der Waals surface area contributed by atoms with Gasteiger partial charge in [0, 0.05) is 23.8 Å². The van der Waals surface area contributed by atoms with E-state index in [1.807, 2.05) is 42.1 Å². The minimum Gasteiger partial charge on any atom is -0.365 e. The summed E-state index contributed by atoms with van der Waals surface area (Å²) in [7, 11) is 0. The predicted octanol–water partition coefficient (Wildman–Crippen LogP) is 4.30. The zero-order chi connectivity index (χ0) is 15.6. The van der Waals surface area contributed by atoms with E-state index in [9.17, 15) is 0 Å². The number of thioether (sulfide) groups is 1. The van der Waals surface area contributed by atoms with Crippen molar-refractivity contribution in [3.8, 4) is 0 Å². The van der Waals surface area contributed by atoms with Crippen LogP contribution in [0.5, 0.6) is 0 Å². The maximum atomic E-state index is 4.75. The average molecular weight is 342 g/mol. The minimum atomic E-state index is 0.757. The summed E-state index contributed by atoms with van der Waals surface area (Å²) in [5, 5.41) is 5.62. The second-order valence-electron chi connectivity index (χ2n) is 5.66. The summed E-state index contributed by atoms with van der Waals surface area (Å²) >= 11 is 3.45. The summed E-state index contributed by atoms with van der Waals surface area (Å²) in [5.41, 5.74) is 2.68. The summed E-state index contributed by atoms with van der Waals surface area (Å²) in [6.07, 6.45) is 10.6. The van der Waals surface area contributed by atoms with Crippen molar-refractivity contribution in [1.82, 2.24) is 15.0 Å². The van der Waals surface area contributed by atoms with E-state index in [4.69, 9.17) is 9.97 Å². The average Bonchev–Trinajstić information content (AvgIpc) is 2.99. The third kappa shape index (κ3) is 2.93. The van der Waals surface area contributed by atoms with Crippen molar-refractivity contribution < 1.29 is 0 Å². The molecule has 0 aromatic carbocycles. The van der Waals surface area contributed by atoms with Crippen molar-refractivity contribution >= 4 is 39.1 Å². The fraction of sp³-hybridized carbons (Fsp3) is 0.353. The molecule has 4 nitrogen and oxygen atoms in total. The first-order valence-electron chi connectivity index (χ1n) is 7.84. The first-order valence-corrected chi connectivity index (χ1v) is 9.88. The molecule has 0 saturated heterocycles. The van der Waals surface area contributed by atoms with Gasteiger partial charge < -0.3 is 5.32 Å². The quantitative estimate of drug-likeness (QED) is 0.566. The summed E-state index contributed by atoms with van der Waals surface area (Å²) in [6, 6.07) is 4.06. The number of pyridine rings is 1. The molecule has 0 saturated carbocycles. The highest BCUT2D eigenvalue weighted by molar-refractivity contribution is 7.98. The molecule has 3 aromatic heterocycles. The van der Waals surface area contributed by atoms with Crippen molar-refractivity contribution in [3.05, 3.63) is 40.5 Å². The van der Waals surface area contributed by atoms with Gasteiger partial charge in [-0.25, -0.2) is 9.97 Å². The standard InChI is InChI=1S/C17H18N4S2/c1-22-17-20-15(19-10-11-6-8-18-9-7-11)14-12-4-2-3-5-13(12)23-16(14)21-17/h6-9H,2-5,10H2,1H3,(H,19,20,21). The minimum absolute atomic E-state index is 0.757. The number of nitrogens with zero attached hydrogens (tertiary/aromatic N) is 3.